The van der Waals surface area contributed by atoms with Gasteiger partial charge in [0.2, 0.25) is 11.8 Å². The first-order valence-electron chi connectivity index (χ1n) is 8.81. The predicted octanol–water partition coefficient (Wildman–Crippen LogP) is 3.83. The summed E-state index contributed by atoms with van der Waals surface area (Å²) in [5.74, 6) is 2.89. The second-order valence-electron chi connectivity index (χ2n) is 6.61. The number of aromatic nitrogens is 3. The molecule has 0 bridgehead atoms. The first-order valence-corrected chi connectivity index (χ1v) is 9.63. The van der Waals surface area contributed by atoms with Crippen LogP contribution in [-0.4, -0.2) is 35.5 Å². The molecule has 3 heterocycles. The van der Waals surface area contributed by atoms with Gasteiger partial charge >= 0.3 is 0 Å². The summed E-state index contributed by atoms with van der Waals surface area (Å²) < 4.78 is 18.6. The van der Waals surface area contributed by atoms with Crippen molar-refractivity contribution in [1.29, 1.82) is 0 Å². The van der Waals surface area contributed by atoms with Crippen LogP contribution in [0, 0.1) is 0 Å². The third-order valence-corrected chi connectivity index (χ3v) is 5.58. The van der Waals surface area contributed by atoms with Crippen LogP contribution in [0.4, 0.5) is 5.69 Å². The van der Waals surface area contributed by atoms with Crippen LogP contribution in [0.2, 0.25) is 0 Å². The van der Waals surface area contributed by atoms with Gasteiger partial charge in [-0.3, -0.25) is 4.40 Å². The number of thiazole rings is 1. The van der Waals surface area contributed by atoms with Crippen molar-refractivity contribution >= 4 is 22.0 Å². The smallest absolute Gasteiger partial charge is 0.231 e. The van der Waals surface area contributed by atoms with Crippen LogP contribution in [0.5, 0.6) is 17.2 Å². The lowest BCUT2D eigenvalue weighted by molar-refractivity contribution is 0.173. The molecule has 1 aliphatic rings. The fraction of sp³-hybridized carbons (Fsp3) is 0.200. The van der Waals surface area contributed by atoms with E-state index in [1.54, 1.807) is 11.3 Å². The molecule has 2 aromatic carbocycles. The molecule has 5 rings (SSSR count). The van der Waals surface area contributed by atoms with Gasteiger partial charge in [0.25, 0.3) is 0 Å². The molecule has 1 aliphatic heterocycles. The van der Waals surface area contributed by atoms with Crippen LogP contribution in [0.1, 0.15) is 5.82 Å². The van der Waals surface area contributed by atoms with Gasteiger partial charge in [0.15, 0.2) is 17.3 Å². The van der Waals surface area contributed by atoms with E-state index in [2.05, 4.69) is 45.6 Å². The van der Waals surface area contributed by atoms with Gasteiger partial charge in [-0.05, 0) is 29.8 Å². The third kappa shape index (κ3) is 3.01. The predicted molar refractivity (Wildman–Crippen MR) is 108 cm³/mol. The fourth-order valence-electron chi connectivity index (χ4n) is 3.02. The Morgan fingerprint density at radius 3 is 2.71 bits per heavy atom. The Morgan fingerprint density at radius 1 is 1.07 bits per heavy atom. The van der Waals surface area contributed by atoms with E-state index in [-0.39, 0.29) is 6.79 Å². The molecule has 0 saturated carbocycles. The standard InChI is InChI=1S/C20H18N4O3S/c1-23(2)14-5-3-13(4-6-14)18-10-24-19(21-22-20(24)28-18)11-25-15-7-8-16-17(9-15)27-12-26-16/h3-10H,11-12H2,1-2H3. The van der Waals surface area contributed by atoms with E-state index in [0.717, 1.165) is 27.0 Å². The molecule has 0 atom stereocenters. The summed E-state index contributed by atoms with van der Waals surface area (Å²) >= 11 is 1.61. The second-order valence-corrected chi connectivity index (χ2v) is 7.62. The third-order valence-electron chi connectivity index (χ3n) is 4.56. The van der Waals surface area contributed by atoms with Gasteiger partial charge in [-0.2, -0.15) is 0 Å². The Hall–Kier alpha value is -3.26. The molecule has 28 heavy (non-hydrogen) atoms. The van der Waals surface area contributed by atoms with Gasteiger partial charge in [-0.1, -0.05) is 23.5 Å². The van der Waals surface area contributed by atoms with Crippen molar-refractivity contribution in [3.05, 3.63) is 54.5 Å². The van der Waals surface area contributed by atoms with E-state index in [1.807, 2.05) is 36.7 Å². The average Bonchev–Trinajstić information content (AvgIpc) is 3.42. The Labute approximate surface area is 165 Å². The molecular weight excluding hydrogens is 376 g/mol. The molecule has 0 spiro atoms. The van der Waals surface area contributed by atoms with Crippen molar-refractivity contribution < 1.29 is 14.2 Å². The lowest BCUT2D eigenvalue weighted by Gasteiger charge is -2.12. The number of rotatable bonds is 5. The highest BCUT2D eigenvalue weighted by molar-refractivity contribution is 7.20. The maximum absolute atomic E-state index is 5.88. The van der Waals surface area contributed by atoms with Gasteiger partial charge in [-0.25, -0.2) is 0 Å². The van der Waals surface area contributed by atoms with Crippen LogP contribution in [-0.2, 0) is 6.61 Å². The highest BCUT2D eigenvalue weighted by Gasteiger charge is 2.15. The SMILES string of the molecule is CN(C)c1ccc(-c2cn3c(COc4ccc5c(c4)OCO5)nnc3s2)cc1. The Bertz CT molecular complexity index is 1130. The zero-order valence-electron chi connectivity index (χ0n) is 15.5. The first-order chi connectivity index (χ1) is 13.7. The van der Waals surface area contributed by atoms with Crippen molar-refractivity contribution in [1.82, 2.24) is 14.6 Å². The highest BCUT2D eigenvalue weighted by Crippen LogP contribution is 2.35. The molecule has 2 aromatic heterocycles. The number of hydrogen-bond acceptors (Lipinski definition) is 7. The van der Waals surface area contributed by atoms with Gasteiger partial charge in [0, 0.05) is 32.0 Å². The van der Waals surface area contributed by atoms with Gasteiger partial charge in [-0.15, -0.1) is 10.2 Å². The molecule has 0 unspecified atom stereocenters. The molecule has 0 saturated heterocycles. The Kier molecular flexibility index (Phi) is 4.05. The van der Waals surface area contributed by atoms with E-state index < -0.39 is 0 Å². The Balaban J connectivity index is 1.36. The second kappa shape index (κ2) is 6.72. The summed E-state index contributed by atoms with van der Waals surface area (Å²) in [5, 5.41) is 8.53. The topological polar surface area (TPSA) is 61.1 Å². The largest absolute Gasteiger partial charge is 0.485 e. The Morgan fingerprint density at radius 2 is 1.89 bits per heavy atom. The molecule has 8 heteroatoms. The summed E-state index contributed by atoms with van der Waals surface area (Å²) in [6, 6.07) is 14.0. The highest BCUT2D eigenvalue weighted by atomic mass is 32.1. The average molecular weight is 394 g/mol. The molecule has 0 radical (unpaired) electrons. The lowest BCUT2D eigenvalue weighted by Crippen LogP contribution is -2.07. The van der Waals surface area contributed by atoms with Crippen LogP contribution in [0.25, 0.3) is 15.4 Å². The van der Waals surface area contributed by atoms with Gasteiger partial charge in [0.1, 0.15) is 12.4 Å². The number of hydrogen-bond donors (Lipinski definition) is 0. The quantitative estimate of drug-likeness (QED) is 0.513. The van der Waals surface area contributed by atoms with Crippen molar-refractivity contribution in [2.45, 2.75) is 6.61 Å². The number of nitrogens with zero attached hydrogens (tertiary/aromatic N) is 4. The summed E-state index contributed by atoms with van der Waals surface area (Å²) in [5.41, 5.74) is 2.33. The van der Waals surface area contributed by atoms with Crippen LogP contribution >= 0.6 is 11.3 Å². The van der Waals surface area contributed by atoms with E-state index in [4.69, 9.17) is 14.2 Å². The number of fused-ring (bicyclic) bond motifs is 2. The monoisotopic (exact) mass is 394 g/mol. The fourth-order valence-corrected chi connectivity index (χ4v) is 3.97. The van der Waals surface area contributed by atoms with Crippen LogP contribution in [0.15, 0.2) is 48.7 Å². The summed E-state index contributed by atoms with van der Waals surface area (Å²) in [7, 11) is 4.07. The van der Waals surface area contributed by atoms with Gasteiger partial charge < -0.3 is 19.1 Å². The number of benzene rings is 2. The van der Waals surface area contributed by atoms with E-state index in [0.29, 0.717) is 18.1 Å². The maximum Gasteiger partial charge on any atom is 0.231 e. The minimum absolute atomic E-state index is 0.247. The number of anilines is 1. The van der Waals surface area contributed by atoms with E-state index in [9.17, 15) is 0 Å². The molecule has 0 N–H and O–H groups in total. The zero-order chi connectivity index (χ0) is 19.1. The van der Waals surface area contributed by atoms with Crippen molar-refractivity contribution in [3.8, 4) is 27.7 Å². The van der Waals surface area contributed by atoms with Gasteiger partial charge in [0.05, 0.1) is 4.88 Å². The number of ether oxygens (including phenoxy) is 3. The molecule has 142 valence electrons. The lowest BCUT2D eigenvalue weighted by atomic mass is 10.2. The van der Waals surface area contributed by atoms with E-state index in [1.165, 1.54) is 5.69 Å². The summed E-state index contributed by atoms with van der Waals surface area (Å²) in [6.07, 6.45) is 2.06. The molecule has 7 nitrogen and oxygen atoms in total. The maximum atomic E-state index is 5.88. The molecule has 0 fully saturated rings. The first kappa shape index (κ1) is 16.9. The zero-order valence-corrected chi connectivity index (χ0v) is 16.3. The summed E-state index contributed by atoms with van der Waals surface area (Å²) in [4.78, 5) is 4.07. The molecular formula is C20H18N4O3S. The minimum atomic E-state index is 0.247. The molecule has 0 amide bonds. The van der Waals surface area contributed by atoms with Crippen molar-refractivity contribution in [2.24, 2.45) is 0 Å². The minimum Gasteiger partial charge on any atom is -0.485 e. The van der Waals surface area contributed by atoms with Crippen LogP contribution in [0.3, 0.4) is 0 Å². The normalized spacial score (nSPS) is 12.5. The molecule has 0 aliphatic carbocycles. The summed E-state index contributed by atoms with van der Waals surface area (Å²) in [6.45, 7) is 0.563. The van der Waals surface area contributed by atoms with Crippen molar-refractivity contribution in [2.75, 3.05) is 25.8 Å². The van der Waals surface area contributed by atoms with E-state index >= 15 is 0 Å². The van der Waals surface area contributed by atoms with Crippen LogP contribution < -0.4 is 19.1 Å². The van der Waals surface area contributed by atoms with Crippen molar-refractivity contribution in [3.63, 3.8) is 0 Å². The molecule has 4 aromatic rings.